The molecule has 0 fully saturated rings. The van der Waals surface area contributed by atoms with Crippen LogP contribution in [0.4, 0.5) is 0 Å². The van der Waals surface area contributed by atoms with E-state index in [4.69, 9.17) is 4.99 Å². The van der Waals surface area contributed by atoms with Gasteiger partial charge in [0.1, 0.15) is 0 Å². The van der Waals surface area contributed by atoms with E-state index in [9.17, 15) is 4.79 Å². The second-order valence-electron chi connectivity index (χ2n) is 8.27. The van der Waals surface area contributed by atoms with Crippen molar-refractivity contribution in [1.82, 2.24) is 14.7 Å². The highest BCUT2D eigenvalue weighted by Crippen LogP contribution is 2.32. The molecule has 0 saturated heterocycles. The quantitative estimate of drug-likeness (QED) is 0.772. The zero-order valence-electron chi connectivity index (χ0n) is 17.6. The Morgan fingerprint density at radius 3 is 2.40 bits per heavy atom. The summed E-state index contributed by atoms with van der Waals surface area (Å²) in [7, 11) is 0. The van der Waals surface area contributed by atoms with Crippen molar-refractivity contribution in [1.29, 1.82) is 0 Å². The third kappa shape index (κ3) is 3.54. The van der Waals surface area contributed by atoms with E-state index in [0.717, 1.165) is 56.1 Å². The summed E-state index contributed by atoms with van der Waals surface area (Å²) in [6, 6.07) is 19.1. The second-order valence-corrected chi connectivity index (χ2v) is 8.27. The summed E-state index contributed by atoms with van der Waals surface area (Å²) in [5.41, 5.74) is 5.90. The van der Waals surface area contributed by atoms with E-state index in [1.165, 1.54) is 16.8 Å². The van der Waals surface area contributed by atoms with Gasteiger partial charge in [0.15, 0.2) is 0 Å². The van der Waals surface area contributed by atoms with Crippen LogP contribution in [-0.4, -0.2) is 52.7 Å². The minimum Gasteiger partial charge on any atom is -0.314 e. The molecule has 0 unspecified atom stereocenters. The van der Waals surface area contributed by atoms with Gasteiger partial charge in [0.05, 0.1) is 18.7 Å². The lowest BCUT2D eigenvalue weighted by Crippen LogP contribution is -2.53. The number of fused-ring (bicyclic) bond motifs is 2. The molecule has 0 N–H and O–H groups in total. The number of amides is 1. The molecule has 3 aliphatic rings. The Morgan fingerprint density at radius 1 is 0.900 bits per heavy atom. The SMILES string of the molecule is CCc1ccc(CN2C(=O)C3=C(CCN(Cc4ccccc4)C3)N3CCN=C23)cc1. The first-order chi connectivity index (χ1) is 14.7. The highest BCUT2D eigenvalue weighted by molar-refractivity contribution is 6.09. The van der Waals surface area contributed by atoms with Gasteiger partial charge in [-0.2, -0.15) is 0 Å². The normalized spacial score (nSPS) is 19.1. The van der Waals surface area contributed by atoms with Crippen LogP contribution in [0, 0.1) is 0 Å². The molecule has 0 aliphatic carbocycles. The van der Waals surface area contributed by atoms with Gasteiger partial charge in [-0.1, -0.05) is 61.5 Å². The molecule has 3 aliphatic heterocycles. The van der Waals surface area contributed by atoms with Gasteiger partial charge in [-0.05, 0) is 23.1 Å². The molecule has 5 rings (SSSR count). The van der Waals surface area contributed by atoms with Crippen LogP contribution < -0.4 is 0 Å². The summed E-state index contributed by atoms with van der Waals surface area (Å²) in [6.07, 6.45) is 1.93. The highest BCUT2D eigenvalue weighted by atomic mass is 16.2. The number of guanidine groups is 1. The van der Waals surface area contributed by atoms with Gasteiger partial charge in [-0.15, -0.1) is 0 Å². The van der Waals surface area contributed by atoms with Crippen molar-refractivity contribution >= 4 is 11.9 Å². The molecule has 0 aromatic heterocycles. The number of hydrogen-bond donors (Lipinski definition) is 0. The van der Waals surface area contributed by atoms with Crippen LogP contribution in [0.2, 0.25) is 0 Å². The van der Waals surface area contributed by atoms with Crippen molar-refractivity contribution in [3.05, 3.63) is 82.6 Å². The average molecular weight is 401 g/mol. The first-order valence-corrected chi connectivity index (χ1v) is 10.9. The summed E-state index contributed by atoms with van der Waals surface area (Å²) < 4.78 is 0. The molecule has 2 aromatic carbocycles. The van der Waals surface area contributed by atoms with Crippen molar-refractivity contribution in [2.75, 3.05) is 26.2 Å². The van der Waals surface area contributed by atoms with Gasteiger partial charge < -0.3 is 4.90 Å². The van der Waals surface area contributed by atoms with Crippen LogP contribution in [0.3, 0.4) is 0 Å². The number of benzene rings is 2. The van der Waals surface area contributed by atoms with Gasteiger partial charge in [0.25, 0.3) is 5.91 Å². The number of rotatable bonds is 5. The molecule has 0 saturated carbocycles. The lowest BCUT2D eigenvalue weighted by molar-refractivity contribution is -0.125. The van der Waals surface area contributed by atoms with Gasteiger partial charge in [-0.25, -0.2) is 0 Å². The standard InChI is InChI=1S/C25H28N4O/c1-2-19-8-10-21(11-9-19)17-29-24(30)22-18-27(16-20-6-4-3-5-7-20)14-12-23(22)28-15-13-26-25(28)29/h3-11H,2,12-18H2,1H3. The van der Waals surface area contributed by atoms with Crippen LogP contribution in [0.15, 0.2) is 70.9 Å². The van der Waals surface area contributed by atoms with Gasteiger partial charge in [-0.3, -0.25) is 19.6 Å². The average Bonchev–Trinajstić information content (AvgIpc) is 3.28. The zero-order chi connectivity index (χ0) is 20.5. The summed E-state index contributed by atoms with van der Waals surface area (Å²) >= 11 is 0. The van der Waals surface area contributed by atoms with Crippen molar-refractivity contribution in [2.24, 2.45) is 4.99 Å². The minimum absolute atomic E-state index is 0.124. The van der Waals surface area contributed by atoms with Crippen LogP contribution >= 0.6 is 0 Å². The predicted octanol–water partition coefficient (Wildman–Crippen LogP) is 3.42. The maximum absolute atomic E-state index is 13.6. The molecule has 5 nitrogen and oxygen atoms in total. The lowest BCUT2D eigenvalue weighted by Gasteiger charge is -2.42. The Hall–Kier alpha value is -2.92. The smallest absolute Gasteiger partial charge is 0.259 e. The summed E-state index contributed by atoms with van der Waals surface area (Å²) in [4.78, 5) is 24.8. The molecule has 5 heteroatoms. The molecule has 30 heavy (non-hydrogen) atoms. The van der Waals surface area contributed by atoms with E-state index in [-0.39, 0.29) is 5.91 Å². The molecule has 1 amide bonds. The van der Waals surface area contributed by atoms with E-state index in [2.05, 4.69) is 65.3 Å². The Morgan fingerprint density at radius 2 is 1.63 bits per heavy atom. The van der Waals surface area contributed by atoms with Crippen LogP contribution in [0.25, 0.3) is 0 Å². The van der Waals surface area contributed by atoms with Crippen LogP contribution in [-0.2, 0) is 24.3 Å². The van der Waals surface area contributed by atoms with Crippen LogP contribution in [0.1, 0.15) is 30.0 Å². The molecular formula is C25H28N4O. The maximum atomic E-state index is 13.6. The largest absolute Gasteiger partial charge is 0.314 e. The van der Waals surface area contributed by atoms with E-state index in [1.807, 2.05) is 11.0 Å². The molecule has 0 spiro atoms. The number of aliphatic imine (C=N–C) groups is 1. The predicted molar refractivity (Wildman–Crippen MR) is 119 cm³/mol. The van der Waals surface area contributed by atoms with Crippen molar-refractivity contribution in [2.45, 2.75) is 32.9 Å². The summed E-state index contributed by atoms with van der Waals surface area (Å²) in [5, 5.41) is 0. The van der Waals surface area contributed by atoms with E-state index in [1.54, 1.807) is 0 Å². The van der Waals surface area contributed by atoms with Crippen LogP contribution in [0.5, 0.6) is 0 Å². The minimum atomic E-state index is 0.124. The number of aryl methyl sites for hydroxylation is 1. The Labute approximate surface area is 178 Å². The molecular weight excluding hydrogens is 372 g/mol. The molecule has 154 valence electrons. The van der Waals surface area contributed by atoms with Gasteiger partial charge in [0.2, 0.25) is 5.96 Å². The highest BCUT2D eigenvalue weighted by Gasteiger charge is 2.40. The fraction of sp³-hybridized carbons (Fsp3) is 0.360. The number of carbonyl (C=O) groups is 1. The van der Waals surface area contributed by atoms with E-state index in [0.29, 0.717) is 13.1 Å². The third-order valence-corrected chi connectivity index (χ3v) is 6.30. The first kappa shape index (κ1) is 19.1. The molecule has 2 aromatic rings. The van der Waals surface area contributed by atoms with E-state index < -0.39 is 0 Å². The Balaban J connectivity index is 1.39. The zero-order valence-corrected chi connectivity index (χ0v) is 17.6. The number of hydrogen-bond acceptors (Lipinski definition) is 4. The van der Waals surface area contributed by atoms with Crippen molar-refractivity contribution in [3.63, 3.8) is 0 Å². The number of nitrogens with zero attached hydrogens (tertiary/aromatic N) is 4. The van der Waals surface area contributed by atoms with Crippen molar-refractivity contribution in [3.8, 4) is 0 Å². The monoisotopic (exact) mass is 400 g/mol. The lowest BCUT2D eigenvalue weighted by atomic mass is 10.00. The van der Waals surface area contributed by atoms with Crippen molar-refractivity contribution < 1.29 is 4.79 Å². The molecule has 3 heterocycles. The summed E-state index contributed by atoms with van der Waals surface area (Å²) in [6.45, 7) is 6.94. The summed E-state index contributed by atoms with van der Waals surface area (Å²) in [5.74, 6) is 0.967. The molecule has 0 atom stereocenters. The van der Waals surface area contributed by atoms with Gasteiger partial charge in [0, 0.05) is 38.3 Å². The number of carbonyl (C=O) groups excluding carboxylic acids is 1. The fourth-order valence-corrected chi connectivity index (χ4v) is 4.66. The fourth-order valence-electron chi connectivity index (χ4n) is 4.66. The topological polar surface area (TPSA) is 39.2 Å². The molecule has 0 bridgehead atoms. The van der Waals surface area contributed by atoms with Gasteiger partial charge >= 0.3 is 0 Å². The maximum Gasteiger partial charge on any atom is 0.259 e. The van der Waals surface area contributed by atoms with E-state index >= 15 is 0 Å². The Kier molecular flexibility index (Phi) is 5.13. The first-order valence-electron chi connectivity index (χ1n) is 10.9. The molecule has 0 radical (unpaired) electrons. The Bertz CT molecular complexity index is 994. The second kappa shape index (κ2) is 8.07. The third-order valence-electron chi connectivity index (χ3n) is 6.30.